The molecule has 0 bridgehead atoms. The van der Waals surface area contributed by atoms with Gasteiger partial charge < -0.3 is 15.0 Å². The fourth-order valence-corrected chi connectivity index (χ4v) is 4.39. The van der Waals surface area contributed by atoms with Crippen LogP contribution in [0.1, 0.15) is 67.7 Å². The van der Waals surface area contributed by atoms with Crippen LogP contribution in [0.25, 0.3) is 5.69 Å². The smallest absolute Gasteiger partial charge is 0.254 e. The maximum absolute atomic E-state index is 13.7. The molecule has 7 nitrogen and oxygen atoms in total. The van der Waals surface area contributed by atoms with Crippen molar-refractivity contribution >= 4 is 17.6 Å². The molecule has 1 heterocycles. The summed E-state index contributed by atoms with van der Waals surface area (Å²) in [6.07, 6.45) is 2.02. The number of aryl methyl sites for hydroxylation is 1. The zero-order valence-electron chi connectivity index (χ0n) is 24.7. The molecule has 0 unspecified atom stereocenters. The molecule has 7 heteroatoms. The third kappa shape index (κ3) is 7.84. The highest BCUT2D eigenvalue weighted by Crippen LogP contribution is 2.27. The number of para-hydroxylation sites is 1. The summed E-state index contributed by atoms with van der Waals surface area (Å²) in [5.41, 5.74) is 4.00. The monoisotopic (exact) mass is 552 g/mol. The Bertz CT molecular complexity index is 1450. The minimum absolute atomic E-state index is 0.119. The molecule has 2 amide bonds. The maximum atomic E-state index is 13.7. The van der Waals surface area contributed by atoms with Gasteiger partial charge in [-0.05, 0) is 54.8 Å². The van der Waals surface area contributed by atoms with Gasteiger partial charge in [0, 0.05) is 23.6 Å². The molecule has 1 N–H and O–H groups in total. The lowest BCUT2D eigenvalue weighted by molar-refractivity contribution is -0.117. The first kappa shape index (κ1) is 29.6. The Kier molecular flexibility index (Phi) is 9.61. The van der Waals surface area contributed by atoms with E-state index in [1.54, 1.807) is 33.8 Å². The molecule has 4 rings (SSSR count). The zero-order valence-corrected chi connectivity index (χ0v) is 24.7. The van der Waals surface area contributed by atoms with Crippen LogP contribution in [-0.4, -0.2) is 39.6 Å². The first-order valence-electron chi connectivity index (χ1n) is 14.2. The van der Waals surface area contributed by atoms with Gasteiger partial charge in [0.25, 0.3) is 5.91 Å². The fourth-order valence-electron chi connectivity index (χ4n) is 4.39. The Morgan fingerprint density at radius 3 is 2.29 bits per heavy atom. The van der Waals surface area contributed by atoms with Crippen molar-refractivity contribution in [3.05, 3.63) is 107 Å². The average molecular weight is 553 g/mol. The van der Waals surface area contributed by atoms with E-state index in [0.29, 0.717) is 24.5 Å². The summed E-state index contributed by atoms with van der Waals surface area (Å²) >= 11 is 0. The molecule has 0 radical (unpaired) electrons. The molecule has 3 aromatic carbocycles. The van der Waals surface area contributed by atoms with E-state index in [1.807, 2.05) is 67.6 Å². The van der Waals surface area contributed by atoms with Gasteiger partial charge in [0.05, 0.1) is 18.0 Å². The molecule has 41 heavy (non-hydrogen) atoms. The average Bonchev–Trinajstić information content (AvgIpc) is 3.37. The van der Waals surface area contributed by atoms with Gasteiger partial charge in [0.15, 0.2) is 0 Å². The van der Waals surface area contributed by atoms with Crippen LogP contribution >= 0.6 is 0 Å². The van der Waals surface area contributed by atoms with Gasteiger partial charge in [-0.2, -0.15) is 5.10 Å². The van der Waals surface area contributed by atoms with Crippen molar-refractivity contribution in [2.24, 2.45) is 0 Å². The lowest BCUT2D eigenvalue weighted by Crippen LogP contribution is -2.37. The second kappa shape index (κ2) is 13.3. The van der Waals surface area contributed by atoms with Crippen LogP contribution < -0.4 is 10.1 Å². The number of nitrogens with one attached hydrogen (secondary N) is 1. The number of hydrogen-bond acceptors (Lipinski definition) is 4. The van der Waals surface area contributed by atoms with E-state index in [4.69, 9.17) is 9.84 Å². The molecule has 0 aliphatic carbocycles. The van der Waals surface area contributed by atoms with Gasteiger partial charge in [-0.3, -0.25) is 9.59 Å². The van der Waals surface area contributed by atoms with Crippen molar-refractivity contribution in [2.75, 3.05) is 18.5 Å². The van der Waals surface area contributed by atoms with Crippen LogP contribution in [0.15, 0.2) is 84.9 Å². The first-order chi connectivity index (χ1) is 19.7. The number of ether oxygens (including phenoxy) is 1. The molecule has 0 fully saturated rings. The predicted molar refractivity (Wildman–Crippen MR) is 164 cm³/mol. The maximum Gasteiger partial charge on any atom is 0.254 e. The predicted octanol–water partition coefficient (Wildman–Crippen LogP) is 6.94. The largest absolute Gasteiger partial charge is 0.494 e. The van der Waals surface area contributed by atoms with Gasteiger partial charge in [0.2, 0.25) is 5.91 Å². The van der Waals surface area contributed by atoms with E-state index in [9.17, 15) is 9.59 Å². The van der Waals surface area contributed by atoms with E-state index in [1.165, 1.54) is 0 Å². The molecule has 0 aliphatic rings. The van der Waals surface area contributed by atoms with Crippen molar-refractivity contribution in [2.45, 2.75) is 59.4 Å². The van der Waals surface area contributed by atoms with Crippen LogP contribution in [0, 0.1) is 6.92 Å². The zero-order chi connectivity index (χ0) is 29.4. The van der Waals surface area contributed by atoms with E-state index in [0.717, 1.165) is 41.1 Å². The van der Waals surface area contributed by atoms with E-state index in [2.05, 4.69) is 33.0 Å². The summed E-state index contributed by atoms with van der Waals surface area (Å²) in [5.74, 6) is 0.757. The normalized spacial score (nSPS) is 11.2. The number of hydrogen-bond donors (Lipinski definition) is 1. The summed E-state index contributed by atoms with van der Waals surface area (Å²) in [4.78, 5) is 28.7. The van der Waals surface area contributed by atoms with Crippen LogP contribution in [0.4, 0.5) is 5.82 Å². The molecule has 0 saturated carbocycles. The highest BCUT2D eigenvalue weighted by molar-refractivity contribution is 5.99. The first-order valence-corrected chi connectivity index (χ1v) is 14.2. The lowest BCUT2D eigenvalue weighted by atomic mass is 9.92. The number of carbonyl (C=O) groups excluding carboxylic acids is 2. The number of rotatable bonds is 11. The Hall–Kier alpha value is -4.39. The third-order valence-corrected chi connectivity index (χ3v) is 6.79. The third-order valence-electron chi connectivity index (χ3n) is 6.79. The second-order valence-electron chi connectivity index (χ2n) is 11.3. The molecule has 0 atom stereocenters. The van der Waals surface area contributed by atoms with Crippen molar-refractivity contribution in [1.82, 2.24) is 14.7 Å². The van der Waals surface area contributed by atoms with Crippen molar-refractivity contribution in [1.29, 1.82) is 0 Å². The van der Waals surface area contributed by atoms with E-state index < -0.39 is 0 Å². The Morgan fingerprint density at radius 1 is 0.951 bits per heavy atom. The number of carbonyl (C=O) groups is 2. The van der Waals surface area contributed by atoms with Crippen molar-refractivity contribution < 1.29 is 14.3 Å². The summed E-state index contributed by atoms with van der Waals surface area (Å²) in [6.45, 7) is 11.2. The highest BCUT2D eigenvalue weighted by atomic mass is 16.5. The molecule has 214 valence electrons. The number of benzene rings is 3. The van der Waals surface area contributed by atoms with Crippen LogP contribution in [0.5, 0.6) is 5.75 Å². The Balaban J connectivity index is 1.58. The number of aromatic nitrogens is 2. The standard InChI is InChI=1S/C34H40N4O3/c1-6-7-21-41-28-19-17-27(18-20-28)33(40)37(23-26-14-9-8-10-15-26)24-32(39)35-31-22-30(34(3,4)5)36-38(31)29-16-12-11-13-25(29)2/h8-20,22H,6-7,21,23-24H2,1-5H3,(H,35,39). The van der Waals surface area contributed by atoms with E-state index >= 15 is 0 Å². The van der Waals surface area contributed by atoms with Crippen molar-refractivity contribution in [3.8, 4) is 11.4 Å². The van der Waals surface area contributed by atoms with Crippen LogP contribution in [-0.2, 0) is 16.8 Å². The SMILES string of the molecule is CCCCOc1ccc(C(=O)N(CC(=O)Nc2cc(C(C)(C)C)nn2-c2ccccc2C)Cc2ccccc2)cc1. The summed E-state index contributed by atoms with van der Waals surface area (Å²) in [5, 5.41) is 7.88. The molecule has 1 aromatic heterocycles. The van der Waals surface area contributed by atoms with E-state index in [-0.39, 0.29) is 23.8 Å². The Morgan fingerprint density at radius 2 is 1.63 bits per heavy atom. The minimum Gasteiger partial charge on any atom is -0.494 e. The quantitative estimate of drug-likeness (QED) is 0.205. The summed E-state index contributed by atoms with van der Waals surface area (Å²) in [6, 6.07) is 26.6. The molecular formula is C34H40N4O3. The molecule has 0 aliphatic heterocycles. The van der Waals surface area contributed by atoms with Gasteiger partial charge >= 0.3 is 0 Å². The lowest BCUT2D eigenvalue weighted by Gasteiger charge is -2.23. The molecule has 0 spiro atoms. The molecule has 0 saturated heterocycles. The number of anilines is 1. The molecular weight excluding hydrogens is 512 g/mol. The number of amides is 2. The second-order valence-corrected chi connectivity index (χ2v) is 11.3. The van der Waals surface area contributed by atoms with Gasteiger partial charge in [-0.25, -0.2) is 4.68 Å². The van der Waals surface area contributed by atoms with Gasteiger partial charge in [-0.15, -0.1) is 0 Å². The number of unbranched alkanes of at least 4 members (excludes halogenated alkanes) is 1. The van der Waals surface area contributed by atoms with Gasteiger partial charge in [0.1, 0.15) is 18.1 Å². The number of nitrogens with zero attached hydrogens (tertiary/aromatic N) is 3. The van der Waals surface area contributed by atoms with Crippen molar-refractivity contribution in [3.63, 3.8) is 0 Å². The molecule has 4 aromatic rings. The summed E-state index contributed by atoms with van der Waals surface area (Å²) in [7, 11) is 0. The van der Waals surface area contributed by atoms with Crippen LogP contribution in [0.2, 0.25) is 0 Å². The Labute approximate surface area is 243 Å². The fraction of sp³-hybridized carbons (Fsp3) is 0.324. The highest BCUT2D eigenvalue weighted by Gasteiger charge is 2.24. The van der Waals surface area contributed by atoms with Gasteiger partial charge in [-0.1, -0.05) is 82.6 Å². The topological polar surface area (TPSA) is 76.5 Å². The van der Waals surface area contributed by atoms with Crippen LogP contribution in [0.3, 0.4) is 0 Å². The summed E-state index contributed by atoms with van der Waals surface area (Å²) < 4.78 is 7.53. The minimum atomic E-state index is -0.302.